The number of hydroxylamine groups is 2. The van der Waals surface area contributed by atoms with Gasteiger partial charge in [0.25, 0.3) is 0 Å². The predicted octanol–water partition coefficient (Wildman–Crippen LogP) is 3.16. The summed E-state index contributed by atoms with van der Waals surface area (Å²) in [5.74, 6) is -0.0925. The first kappa shape index (κ1) is 17.5. The highest BCUT2D eigenvalue weighted by atomic mass is 16.7. The van der Waals surface area contributed by atoms with Crippen molar-refractivity contribution in [2.75, 3.05) is 20.2 Å². The number of ether oxygens (including phenoxy) is 1. The Kier molecular flexibility index (Phi) is 5.42. The van der Waals surface area contributed by atoms with Crippen LogP contribution in [0.2, 0.25) is 0 Å². The first-order valence-corrected chi connectivity index (χ1v) is 7.97. The molecule has 0 saturated carbocycles. The van der Waals surface area contributed by atoms with E-state index in [2.05, 4.69) is 0 Å². The molecule has 1 fully saturated rings. The molecule has 0 unspecified atom stereocenters. The minimum atomic E-state index is -0.486. The summed E-state index contributed by atoms with van der Waals surface area (Å²) in [4.78, 5) is 28.8. The monoisotopic (exact) mass is 319 g/mol. The van der Waals surface area contributed by atoms with Crippen LogP contribution in [0.4, 0.5) is 0 Å². The second kappa shape index (κ2) is 7.13. The molecule has 0 radical (unpaired) electrons. The Morgan fingerprint density at radius 3 is 2.13 bits per heavy atom. The first-order chi connectivity index (χ1) is 10.8. The third-order valence-electron chi connectivity index (χ3n) is 4.08. The molecule has 5 heteroatoms. The number of rotatable bonds is 3. The summed E-state index contributed by atoms with van der Waals surface area (Å²) in [5.41, 5.74) is 1.29. The average Bonchev–Trinajstić information content (AvgIpc) is 2.54. The molecule has 0 N–H and O–H groups in total. The van der Waals surface area contributed by atoms with Crippen molar-refractivity contribution in [2.45, 2.75) is 39.5 Å². The summed E-state index contributed by atoms with van der Waals surface area (Å²) in [6, 6.07) is 7.56. The van der Waals surface area contributed by atoms with Crippen molar-refractivity contribution in [1.82, 2.24) is 5.06 Å². The van der Waals surface area contributed by atoms with Crippen molar-refractivity contribution in [3.05, 3.63) is 35.4 Å². The minimum absolute atomic E-state index is 0.196. The smallest absolute Gasteiger partial charge is 0.337 e. The molecule has 1 aliphatic heterocycles. The van der Waals surface area contributed by atoms with Crippen LogP contribution in [-0.2, 0) is 14.4 Å². The van der Waals surface area contributed by atoms with E-state index in [4.69, 9.17) is 9.57 Å². The second-order valence-corrected chi connectivity index (χ2v) is 6.95. The molecule has 0 amide bonds. The highest BCUT2D eigenvalue weighted by Crippen LogP contribution is 2.29. The maximum atomic E-state index is 11.9. The molecule has 1 saturated heterocycles. The molecule has 0 bridgehead atoms. The zero-order valence-electron chi connectivity index (χ0n) is 14.3. The van der Waals surface area contributed by atoms with Crippen molar-refractivity contribution < 1.29 is 19.2 Å². The lowest BCUT2D eigenvalue weighted by atomic mass is 9.89. The molecule has 23 heavy (non-hydrogen) atoms. The maximum absolute atomic E-state index is 11.9. The number of piperidine rings is 1. The van der Waals surface area contributed by atoms with Gasteiger partial charge in [-0.05, 0) is 57.2 Å². The zero-order chi connectivity index (χ0) is 17.0. The lowest BCUT2D eigenvalue weighted by Gasteiger charge is -2.32. The SMILES string of the molecule is COC(=O)c1ccc(C2CCN(OC(=O)C(C)(C)C)CC2)cc1. The lowest BCUT2D eigenvalue weighted by Crippen LogP contribution is -2.38. The molecule has 0 aliphatic carbocycles. The number of hydrogen-bond acceptors (Lipinski definition) is 5. The third kappa shape index (κ3) is 4.55. The van der Waals surface area contributed by atoms with E-state index in [1.807, 2.05) is 32.9 Å². The molecule has 1 aromatic carbocycles. The van der Waals surface area contributed by atoms with Gasteiger partial charge < -0.3 is 9.57 Å². The number of benzene rings is 1. The molecule has 1 heterocycles. The summed E-state index contributed by atoms with van der Waals surface area (Å²) in [6.45, 7) is 7.01. The molecule has 0 atom stereocenters. The summed E-state index contributed by atoms with van der Waals surface area (Å²) < 4.78 is 4.71. The van der Waals surface area contributed by atoms with Crippen molar-refractivity contribution in [1.29, 1.82) is 0 Å². The maximum Gasteiger partial charge on any atom is 0.337 e. The Morgan fingerprint density at radius 2 is 1.65 bits per heavy atom. The van der Waals surface area contributed by atoms with Crippen LogP contribution in [0.15, 0.2) is 24.3 Å². The van der Waals surface area contributed by atoms with Gasteiger partial charge in [0, 0.05) is 13.1 Å². The van der Waals surface area contributed by atoms with E-state index in [0.717, 1.165) is 25.9 Å². The van der Waals surface area contributed by atoms with Crippen LogP contribution in [0.25, 0.3) is 0 Å². The van der Waals surface area contributed by atoms with Gasteiger partial charge in [-0.1, -0.05) is 12.1 Å². The third-order valence-corrected chi connectivity index (χ3v) is 4.08. The van der Waals surface area contributed by atoms with Crippen LogP contribution in [0, 0.1) is 5.41 Å². The van der Waals surface area contributed by atoms with Gasteiger partial charge in [-0.3, -0.25) is 0 Å². The number of esters is 1. The van der Waals surface area contributed by atoms with E-state index in [1.165, 1.54) is 12.7 Å². The van der Waals surface area contributed by atoms with Crippen LogP contribution in [0.1, 0.15) is 55.5 Å². The number of methoxy groups -OCH3 is 1. The Balaban J connectivity index is 1.89. The average molecular weight is 319 g/mol. The Labute approximate surface area is 137 Å². The largest absolute Gasteiger partial charge is 0.465 e. The molecule has 2 rings (SSSR count). The van der Waals surface area contributed by atoms with Crippen molar-refractivity contribution in [3.8, 4) is 0 Å². The van der Waals surface area contributed by atoms with Gasteiger partial charge in [-0.15, -0.1) is 5.06 Å². The lowest BCUT2D eigenvalue weighted by molar-refractivity contribution is -0.204. The quantitative estimate of drug-likeness (QED) is 0.801. The highest BCUT2D eigenvalue weighted by Gasteiger charge is 2.28. The molecule has 1 aliphatic rings. The molecule has 0 aromatic heterocycles. The normalized spacial score (nSPS) is 16.9. The molecule has 1 aromatic rings. The fourth-order valence-electron chi connectivity index (χ4n) is 2.54. The second-order valence-electron chi connectivity index (χ2n) is 6.95. The number of carbonyl (C=O) groups is 2. The summed E-state index contributed by atoms with van der Waals surface area (Å²) in [7, 11) is 1.38. The summed E-state index contributed by atoms with van der Waals surface area (Å²) >= 11 is 0. The Bertz CT molecular complexity index is 551. The van der Waals surface area contributed by atoms with Gasteiger partial charge in [0.05, 0.1) is 18.1 Å². The number of carbonyl (C=O) groups excluding carboxylic acids is 2. The van der Waals surface area contributed by atoms with Gasteiger partial charge in [-0.2, -0.15) is 0 Å². The van der Waals surface area contributed by atoms with E-state index in [1.54, 1.807) is 17.2 Å². The first-order valence-electron chi connectivity index (χ1n) is 7.97. The molecule has 126 valence electrons. The Hall–Kier alpha value is -1.88. The van der Waals surface area contributed by atoms with Crippen molar-refractivity contribution in [2.24, 2.45) is 5.41 Å². The van der Waals surface area contributed by atoms with Crippen LogP contribution < -0.4 is 0 Å². The fourth-order valence-corrected chi connectivity index (χ4v) is 2.54. The molecule has 0 spiro atoms. The summed E-state index contributed by atoms with van der Waals surface area (Å²) in [5, 5.41) is 1.76. The standard InChI is InChI=1S/C18H25NO4/c1-18(2,3)17(21)23-19-11-9-14(10-12-19)13-5-7-15(8-6-13)16(20)22-4/h5-8,14H,9-12H2,1-4H3. The van der Waals surface area contributed by atoms with E-state index in [0.29, 0.717) is 11.5 Å². The summed E-state index contributed by atoms with van der Waals surface area (Å²) in [6.07, 6.45) is 1.85. The van der Waals surface area contributed by atoms with Crippen molar-refractivity contribution in [3.63, 3.8) is 0 Å². The van der Waals surface area contributed by atoms with Gasteiger partial charge in [-0.25, -0.2) is 9.59 Å². The topological polar surface area (TPSA) is 55.8 Å². The van der Waals surface area contributed by atoms with E-state index in [-0.39, 0.29) is 11.9 Å². The van der Waals surface area contributed by atoms with Gasteiger partial charge in [0.2, 0.25) is 0 Å². The minimum Gasteiger partial charge on any atom is -0.465 e. The van der Waals surface area contributed by atoms with E-state index in [9.17, 15) is 9.59 Å². The molecular formula is C18H25NO4. The Morgan fingerprint density at radius 1 is 1.09 bits per heavy atom. The number of nitrogens with zero attached hydrogens (tertiary/aromatic N) is 1. The van der Waals surface area contributed by atoms with Crippen LogP contribution in [0.3, 0.4) is 0 Å². The van der Waals surface area contributed by atoms with Crippen LogP contribution in [-0.4, -0.2) is 37.2 Å². The van der Waals surface area contributed by atoms with E-state index < -0.39 is 5.41 Å². The van der Waals surface area contributed by atoms with Crippen LogP contribution >= 0.6 is 0 Å². The molecular weight excluding hydrogens is 294 g/mol. The van der Waals surface area contributed by atoms with Gasteiger partial charge in [0.1, 0.15) is 0 Å². The highest BCUT2D eigenvalue weighted by molar-refractivity contribution is 5.89. The predicted molar refractivity (Wildman–Crippen MR) is 86.9 cm³/mol. The van der Waals surface area contributed by atoms with Crippen LogP contribution in [0.5, 0.6) is 0 Å². The van der Waals surface area contributed by atoms with Crippen molar-refractivity contribution >= 4 is 11.9 Å². The number of hydrogen-bond donors (Lipinski definition) is 0. The zero-order valence-corrected chi connectivity index (χ0v) is 14.3. The van der Waals surface area contributed by atoms with E-state index >= 15 is 0 Å². The molecule has 5 nitrogen and oxygen atoms in total. The van der Waals surface area contributed by atoms with Gasteiger partial charge in [0.15, 0.2) is 0 Å². The fraction of sp³-hybridized carbons (Fsp3) is 0.556. The van der Waals surface area contributed by atoms with Gasteiger partial charge >= 0.3 is 11.9 Å².